The van der Waals surface area contributed by atoms with E-state index in [1.807, 2.05) is 20.8 Å². The molecule has 0 amide bonds. The molecule has 0 unspecified atom stereocenters. The highest BCUT2D eigenvalue weighted by Crippen LogP contribution is 2.32. The molecule has 3 rings (SSSR count). The molecular formula is C24H26O6. The minimum absolute atomic E-state index is 0.136. The monoisotopic (exact) mass is 410 g/mol. The van der Waals surface area contributed by atoms with Crippen molar-refractivity contribution in [3.8, 4) is 11.5 Å². The van der Waals surface area contributed by atoms with Gasteiger partial charge < -0.3 is 20.4 Å². The number of rotatable bonds is 2. The summed E-state index contributed by atoms with van der Waals surface area (Å²) in [5.74, 6) is -1.33. The van der Waals surface area contributed by atoms with Gasteiger partial charge in [0, 0.05) is 5.56 Å². The summed E-state index contributed by atoms with van der Waals surface area (Å²) < 4.78 is 0. The molecule has 6 heteroatoms. The molecular weight excluding hydrogens is 384 g/mol. The molecule has 3 aromatic carbocycles. The molecule has 0 heterocycles. The van der Waals surface area contributed by atoms with Crippen molar-refractivity contribution in [2.45, 2.75) is 26.2 Å². The molecule has 0 saturated carbocycles. The maximum atomic E-state index is 10.2. The standard InChI is InChI=1S/C10H14O2.2C7H6O2/c1-10(2,3)8-6-7(11)4-5-9(8)12;2*8-7(9)6-4-2-1-3-5-6/h4-6,11-12H,1-3H3;2*1-5H,(H,8,9). The number of hydrogen-bond acceptors (Lipinski definition) is 4. The summed E-state index contributed by atoms with van der Waals surface area (Å²) in [6, 6.07) is 21.2. The average molecular weight is 410 g/mol. The first-order valence-corrected chi connectivity index (χ1v) is 9.11. The zero-order chi connectivity index (χ0) is 22.7. The van der Waals surface area contributed by atoms with Crippen LogP contribution < -0.4 is 0 Å². The molecule has 0 saturated heterocycles. The molecule has 0 fully saturated rings. The molecule has 4 N–H and O–H groups in total. The largest absolute Gasteiger partial charge is 0.508 e. The average Bonchev–Trinajstić information content (AvgIpc) is 2.71. The molecule has 0 aliphatic rings. The number of benzene rings is 3. The van der Waals surface area contributed by atoms with Crippen molar-refractivity contribution in [1.82, 2.24) is 0 Å². The highest BCUT2D eigenvalue weighted by molar-refractivity contribution is 5.87. The van der Waals surface area contributed by atoms with Gasteiger partial charge >= 0.3 is 11.9 Å². The SMILES string of the molecule is CC(C)(C)c1cc(O)ccc1O.O=C(O)c1ccccc1.O=C(O)c1ccccc1. The lowest BCUT2D eigenvalue weighted by atomic mass is 9.86. The fourth-order valence-corrected chi connectivity index (χ4v) is 2.29. The smallest absolute Gasteiger partial charge is 0.335 e. The maximum absolute atomic E-state index is 10.2. The number of carboxylic acid groups (broad SMARTS) is 2. The predicted molar refractivity (Wildman–Crippen MR) is 115 cm³/mol. The Hall–Kier alpha value is -3.80. The van der Waals surface area contributed by atoms with Crippen LogP contribution in [0, 0.1) is 0 Å². The van der Waals surface area contributed by atoms with Crippen LogP contribution in [0.25, 0.3) is 0 Å². The predicted octanol–water partition coefficient (Wildman–Crippen LogP) is 5.16. The minimum atomic E-state index is -0.879. The van der Waals surface area contributed by atoms with Crippen LogP contribution in [0.5, 0.6) is 11.5 Å². The van der Waals surface area contributed by atoms with Gasteiger partial charge in [-0.25, -0.2) is 9.59 Å². The third-order valence-corrected chi connectivity index (χ3v) is 3.83. The molecule has 0 aromatic heterocycles. The Morgan fingerprint density at radius 3 is 1.33 bits per heavy atom. The van der Waals surface area contributed by atoms with E-state index in [0.717, 1.165) is 5.56 Å². The van der Waals surface area contributed by atoms with Crippen LogP contribution in [0.2, 0.25) is 0 Å². The van der Waals surface area contributed by atoms with Gasteiger partial charge in [0.25, 0.3) is 0 Å². The molecule has 0 bridgehead atoms. The third-order valence-electron chi connectivity index (χ3n) is 3.83. The minimum Gasteiger partial charge on any atom is -0.508 e. The summed E-state index contributed by atoms with van der Waals surface area (Å²) >= 11 is 0. The van der Waals surface area contributed by atoms with Crippen LogP contribution in [0.1, 0.15) is 47.1 Å². The Bertz CT molecular complexity index is 895. The van der Waals surface area contributed by atoms with Crippen LogP contribution in [-0.2, 0) is 5.41 Å². The van der Waals surface area contributed by atoms with E-state index in [-0.39, 0.29) is 16.9 Å². The quantitative estimate of drug-likeness (QED) is 0.434. The molecule has 6 nitrogen and oxygen atoms in total. The van der Waals surface area contributed by atoms with Crippen molar-refractivity contribution < 1.29 is 30.0 Å². The van der Waals surface area contributed by atoms with Gasteiger partial charge in [0.15, 0.2) is 0 Å². The number of carbonyl (C=O) groups is 2. The van der Waals surface area contributed by atoms with E-state index in [0.29, 0.717) is 11.1 Å². The maximum Gasteiger partial charge on any atom is 0.335 e. The molecule has 0 aliphatic carbocycles. The van der Waals surface area contributed by atoms with Gasteiger partial charge in [0.1, 0.15) is 11.5 Å². The van der Waals surface area contributed by atoms with Gasteiger partial charge in [0.05, 0.1) is 11.1 Å². The summed E-state index contributed by atoms with van der Waals surface area (Å²) in [5, 5.41) is 35.4. The van der Waals surface area contributed by atoms with Crippen molar-refractivity contribution in [3.63, 3.8) is 0 Å². The van der Waals surface area contributed by atoms with Gasteiger partial charge in [-0.15, -0.1) is 0 Å². The Morgan fingerprint density at radius 1 is 0.667 bits per heavy atom. The van der Waals surface area contributed by atoms with Crippen molar-refractivity contribution >= 4 is 11.9 Å². The number of aromatic carboxylic acids is 2. The lowest BCUT2D eigenvalue weighted by molar-refractivity contribution is 0.0686. The van der Waals surface area contributed by atoms with E-state index in [1.54, 1.807) is 66.7 Å². The number of phenolic OH excluding ortho intramolecular Hbond substituents is 2. The Morgan fingerprint density at radius 2 is 1.07 bits per heavy atom. The van der Waals surface area contributed by atoms with Crippen LogP contribution in [0.4, 0.5) is 0 Å². The molecule has 0 aliphatic heterocycles. The Balaban J connectivity index is 0.000000229. The van der Waals surface area contributed by atoms with Crippen LogP contribution in [0.3, 0.4) is 0 Å². The highest BCUT2D eigenvalue weighted by Gasteiger charge is 2.18. The summed E-state index contributed by atoms with van der Waals surface area (Å²) in [6.07, 6.45) is 0. The van der Waals surface area contributed by atoms with Crippen molar-refractivity contribution in [1.29, 1.82) is 0 Å². The lowest BCUT2D eigenvalue weighted by Gasteiger charge is -2.20. The summed E-state index contributed by atoms with van der Waals surface area (Å²) in [4.78, 5) is 20.4. The van der Waals surface area contributed by atoms with Gasteiger partial charge in [-0.05, 0) is 47.9 Å². The highest BCUT2D eigenvalue weighted by atomic mass is 16.4. The van der Waals surface area contributed by atoms with E-state index in [2.05, 4.69) is 0 Å². The Kier molecular flexibility index (Phi) is 9.10. The Labute approximate surface area is 175 Å². The van der Waals surface area contributed by atoms with Gasteiger partial charge in [-0.2, -0.15) is 0 Å². The van der Waals surface area contributed by atoms with Crippen LogP contribution in [-0.4, -0.2) is 32.4 Å². The van der Waals surface area contributed by atoms with Gasteiger partial charge in [-0.1, -0.05) is 57.2 Å². The van der Waals surface area contributed by atoms with E-state index in [9.17, 15) is 19.8 Å². The number of carboxylic acids is 2. The summed E-state index contributed by atoms with van der Waals surface area (Å²) in [6.45, 7) is 5.96. The molecule has 0 spiro atoms. The first-order chi connectivity index (χ1) is 14.0. The van der Waals surface area contributed by atoms with E-state index >= 15 is 0 Å². The summed E-state index contributed by atoms with van der Waals surface area (Å²) in [7, 11) is 0. The molecule has 3 aromatic rings. The molecule has 0 atom stereocenters. The molecule has 158 valence electrons. The topological polar surface area (TPSA) is 115 Å². The van der Waals surface area contributed by atoms with Gasteiger partial charge in [-0.3, -0.25) is 0 Å². The van der Waals surface area contributed by atoms with E-state index < -0.39 is 11.9 Å². The lowest BCUT2D eigenvalue weighted by Crippen LogP contribution is -2.10. The van der Waals surface area contributed by atoms with Crippen molar-refractivity contribution in [2.75, 3.05) is 0 Å². The fourth-order valence-electron chi connectivity index (χ4n) is 2.29. The molecule has 0 radical (unpaired) electrons. The van der Waals surface area contributed by atoms with Crippen LogP contribution in [0.15, 0.2) is 78.9 Å². The zero-order valence-corrected chi connectivity index (χ0v) is 17.1. The second-order valence-electron chi connectivity index (χ2n) is 7.29. The van der Waals surface area contributed by atoms with Crippen molar-refractivity contribution in [3.05, 3.63) is 95.6 Å². The number of phenols is 2. The molecule has 30 heavy (non-hydrogen) atoms. The van der Waals surface area contributed by atoms with E-state index in [4.69, 9.17) is 10.2 Å². The van der Waals surface area contributed by atoms with Crippen molar-refractivity contribution in [2.24, 2.45) is 0 Å². The number of hydrogen-bond donors (Lipinski definition) is 4. The third kappa shape index (κ3) is 8.48. The van der Waals surface area contributed by atoms with Gasteiger partial charge in [0.2, 0.25) is 0 Å². The van der Waals surface area contributed by atoms with E-state index in [1.165, 1.54) is 12.1 Å². The first kappa shape index (κ1) is 24.2. The second kappa shape index (κ2) is 11.3. The fraction of sp³-hybridized carbons (Fsp3) is 0.167. The normalized spacial score (nSPS) is 9.97. The second-order valence-corrected chi connectivity index (χ2v) is 7.29. The summed E-state index contributed by atoms with van der Waals surface area (Å²) in [5.41, 5.74) is 1.29. The number of aromatic hydroxyl groups is 2. The first-order valence-electron chi connectivity index (χ1n) is 9.11. The zero-order valence-electron chi connectivity index (χ0n) is 17.1. The van der Waals surface area contributed by atoms with Crippen LogP contribution >= 0.6 is 0 Å².